The maximum Gasteiger partial charge on any atom is 0.242 e. The predicted molar refractivity (Wildman–Crippen MR) is 61.6 cm³/mol. The first-order valence-electron chi connectivity index (χ1n) is 5.80. The Bertz CT molecular complexity index is 268. The van der Waals surface area contributed by atoms with Crippen molar-refractivity contribution in [3.05, 3.63) is 0 Å². The Labute approximate surface area is 96.4 Å². The van der Waals surface area contributed by atoms with Crippen LogP contribution in [0.3, 0.4) is 0 Å². The molecule has 1 aliphatic heterocycles. The number of hydrogen-bond donors (Lipinski definition) is 2. The molecule has 2 unspecified atom stereocenters. The fraction of sp³-hybridized carbons (Fsp3) is 0.818. The van der Waals surface area contributed by atoms with Gasteiger partial charge in [0.1, 0.15) is 0 Å². The van der Waals surface area contributed by atoms with E-state index in [9.17, 15) is 9.59 Å². The number of carbonyl (C=O) groups excluding carboxylic acids is 2. The summed E-state index contributed by atoms with van der Waals surface area (Å²) >= 11 is 0. The largest absolute Gasteiger partial charge is 0.346 e. The van der Waals surface area contributed by atoms with Gasteiger partial charge in [-0.25, -0.2) is 0 Å². The Hall–Kier alpha value is -1.10. The van der Waals surface area contributed by atoms with Crippen molar-refractivity contribution in [1.82, 2.24) is 10.2 Å². The van der Waals surface area contributed by atoms with E-state index in [1.165, 1.54) is 6.42 Å². The van der Waals surface area contributed by atoms with Crippen molar-refractivity contribution in [2.75, 3.05) is 19.6 Å². The highest BCUT2D eigenvalue weighted by Gasteiger charge is 2.26. The summed E-state index contributed by atoms with van der Waals surface area (Å²) < 4.78 is 0. The first kappa shape index (κ1) is 13.0. The maximum atomic E-state index is 11.8. The number of rotatable bonds is 3. The number of nitrogens with two attached hydrogens (primary N) is 1. The minimum absolute atomic E-state index is 0.0131. The molecule has 1 aliphatic rings. The Kier molecular flexibility index (Phi) is 4.73. The molecule has 1 saturated heterocycles. The van der Waals surface area contributed by atoms with Crippen molar-refractivity contribution in [1.29, 1.82) is 0 Å². The van der Waals surface area contributed by atoms with Gasteiger partial charge < -0.3 is 16.0 Å². The summed E-state index contributed by atoms with van der Waals surface area (Å²) in [6, 6.07) is 0.276. The number of piperidine rings is 1. The predicted octanol–water partition coefficient (Wildman–Crippen LogP) is -0.292. The minimum atomic E-state index is -0.286. The van der Waals surface area contributed by atoms with Crippen LogP contribution in [0.15, 0.2) is 0 Å². The van der Waals surface area contributed by atoms with E-state index in [-0.39, 0.29) is 30.9 Å². The molecule has 0 spiro atoms. The lowest BCUT2D eigenvalue weighted by molar-refractivity contribution is -0.136. The van der Waals surface area contributed by atoms with E-state index in [0.717, 1.165) is 13.0 Å². The van der Waals surface area contributed by atoms with Crippen LogP contribution in [0.4, 0.5) is 0 Å². The monoisotopic (exact) mass is 227 g/mol. The Morgan fingerprint density at radius 2 is 2.06 bits per heavy atom. The van der Waals surface area contributed by atoms with Gasteiger partial charge in [-0.1, -0.05) is 6.92 Å². The second-order valence-corrected chi connectivity index (χ2v) is 4.56. The summed E-state index contributed by atoms with van der Waals surface area (Å²) in [5, 5.41) is 2.51. The normalized spacial score (nSPS) is 25.3. The molecule has 0 bridgehead atoms. The number of likely N-dealkylation sites (tertiary alicyclic amines) is 1. The van der Waals surface area contributed by atoms with Crippen molar-refractivity contribution >= 4 is 11.8 Å². The van der Waals surface area contributed by atoms with Gasteiger partial charge in [-0.05, 0) is 25.7 Å². The highest BCUT2D eigenvalue weighted by molar-refractivity contribution is 5.85. The van der Waals surface area contributed by atoms with Gasteiger partial charge in [0.05, 0.1) is 13.1 Å². The molecule has 5 nitrogen and oxygen atoms in total. The summed E-state index contributed by atoms with van der Waals surface area (Å²) in [4.78, 5) is 24.6. The number of carbonyl (C=O) groups is 2. The lowest BCUT2D eigenvalue weighted by Crippen LogP contribution is -2.49. The highest BCUT2D eigenvalue weighted by atomic mass is 16.2. The van der Waals surface area contributed by atoms with Crippen molar-refractivity contribution in [3.63, 3.8) is 0 Å². The quantitative estimate of drug-likeness (QED) is 0.695. The van der Waals surface area contributed by atoms with Crippen molar-refractivity contribution < 1.29 is 9.59 Å². The van der Waals surface area contributed by atoms with Crippen LogP contribution in [0, 0.1) is 5.92 Å². The van der Waals surface area contributed by atoms with E-state index in [1.54, 1.807) is 0 Å². The number of hydrogen-bond acceptors (Lipinski definition) is 3. The van der Waals surface area contributed by atoms with E-state index in [2.05, 4.69) is 19.2 Å². The van der Waals surface area contributed by atoms with Gasteiger partial charge >= 0.3 is 0 Å². The van der Waals surface area contributed by atoms with Crippen LogP contribution in [0.2, 0.25) is 0 Å². The molecule has 1 heterocycles. The molecule has 2 atom stereocenters. The van der Waals surface area contributed by atoms with Gasteiger partial charge in [-0.2, -0.15) is 0 Å². The highest BCUT2D eigenvalue weighted by Crippen LogP contribution is 2.20. The summed E-state index contributed by atoms with van der Waals surface area (Å²) in [6.07, 6.45) is 2.21. The van der Waals surface area contributed by atoms with Crippen LogP contribution in [-0.4, -0.2) is 42.4 Å². The second-order valence-electron chi connectivity index (χ2n) is 4.56. The van der Waals surface area contributed by atoms with E-state index < -0.39 is 0 Å². The van der Waals surface area contributed by atoms with Crippen LogP contribution in [-0.2, 0) is 9.59 Å². The fourth-order valence-electron chi connectivity index (χ4n) is 1.98. The summed E-state index contributed by atoms with van der Waals surface area (Å²) in [5.41, 5.74) is 5.15. The standard InChI is InChI=1S/C11H21N3O2/c1-8-3-4-9(2)14(7-8)11(16)6-13-10(15)5-12/h8-9H,3-7,12H2,1-2H3,(H,13,15). The molecular formula is C11H21N3O2. The van der Waals surface area contributed by atoms with Crippen LogP contribution in [0.1, 0.15) is 26.7 Å². The summed E-state index contributed by atoms with van der Waals surface area (Å²) in [5.74, 6) is 0.247. The van der Waals surface area contributed by atoms with Crippen LogP contribution in [0.5, 0.6) is 0 Å². The van der Waals surface area contributed by atoms with Crippen LogP contribution >= 0.6 is 0 Å². The molecule has 0 radical (unpaired) electrons. The molecule has 0 aliphatic carbocycles. The van der Waals surface area contributed by atoms with E-state index >= 15 is 0 Å². The van der Waals surface area contributed by atoms with Gasteiger partial charge in [0.25, 0.3) is 0 Å². The third-order valence-corrected chi connectivity index (χ3v) is 3.06. The molecule has 1 rings (SSSR count). The molecule has 0 aromatic rings. The van der Waals surface area contributed by atoms with Gasteiger partial charge in [0.15, 0.2) is 0 Å². The van der Waals surface area contributed by atoms with Crippen molar-refractivity contribution in [3.8, 4) is 0 Å². The molecular weight excluding hydrogens is 206 g/mol. The van der Waals surface area contributed by atoms with E-state index in [1.807, 2.05) is 4.90 Å². The van der Waals surface area contributed by atoms with Crippen LogP contribution < -0.4 is 11.1 Å². The molecule has 0 aromatic carbocycles. The average molecular weight is 227 g/mol. The first-order chi connectivity index (χ1) is 7.54. The third kappa shape index (κ3) is 3.48. The number of amides is 2. The Morgan fingerprint density at radius 3 is 2.69 bits per heavy atom. The number of nitrogens with zero attached hydrogens (tertiary/aromatic N) is 1. The van der Waals surface area contributed by atoms with E-state index in [0.29, 0.717) is 5.92 Å². The lowest BCUT2D eigenvalue weighted by atomic mass is 9.95. The van der Waals surface area contributed by atoms with Gasteiger partial charge in [0.2, 0.25) is 11.8 Å². The summed E-state index contributed by atoms with van der Waals surface area (Å²) in [7, 11) is 0. The molecule has 2 amide bonds. The molecule has 0 saturated carbocycles. The molecule has 0 aromatic heterocycles. The first-order valence-corrected chi connectivity index (χ1v) is 5.80. The van der Waals surface area contributed by atoms with Gasteiger partial charge in [-0.3, -0.25) is 9.59 Å². The minimum Gasteiger partial charge on any atom is -0.346 e. The Morgan fingerprint density at radius 1 is 1.38 bits per heavy atom. The zero-order valence-corrected chi connectivity index (χ0v) is 10.0. The summed E-state index contributed by atoms with van der Waals surface area (Å²) in [6.45, 7) is 4.98. The zero-order valence-electron chi connectivity index (χ0n) is 10.0. The van der Waals surface area contributed by atoms with Crippen molar-refractivity contribution in [2.45, 2.75) is 32.7 Å². The fourth-order valence-corrected chi connectivity index (χ4v) is 1.98. The molecule has 92 valence electrons. The van der Waals surface area contributed by atoms with Gasteiger partial charge in [-0.15, -0.1) is 0 Å². The van der Waals surface area contributed by atoms with Gasteiger partial charge in [0, 0.05) is 12.6 Å². The SMILES string of the molecule is CC1CCC(C)N(C(=O)CNC(=O)CN)C1. The Balaban J connectivity index is 2.42. The van der Waals surface area contributed by atoms with Crippen molar-refractivity contribution in [2.24, 2.45) is 11.7 Å². The molecule has 16 heavy (non-hydrogen) atoms. The number of nitrogens with one attached hydrogen (secondary N) is 1. The second kappa shape index (κ2) is 5.84. The van der Waals surface area contributed by atoms with E-state index in [4.69, 9.17) is 5.73 Å². The average Bonchev–Trinajstić information content (AvgIpc) is 2.28. The third-order valence-electron chi connectivity index (χ3n) is 3.06. The van der Waals surface area contributed by atoms with Crippen LogP contribution in [0.25, 0.3) is 0 Å². The molecule has 3 N–H and O–H groups in total. The molecule has 1 fully saturated rings. The molecule has 5 heteroatoms. The lowest BCUT2D eigenvalue weighted by Gasteiger charge is -2.36. The zero-order chi connectivity index (χ0) is 12.1. The topological polar surface area (TPSA) is 75.4 Å². The smallest absolute Gasteiger partial charge is 0.242 e. The maximum absolute atomic E-state index is 11.8.